The number of nitrogens with one attached hydrogen (secondary N) is 1. The van der Waals surface area contributed by atoms with Gasteiger partial charge in [-0.3, -0.25) is 4.79 Å². The highest BCUT2D eigenvalue weighted by Crippen LogP contribution is 2.25. The Bertz CT molecular complexity index is 818. The van der Waals surface area contributed by atoms with Crippen LogP contribution in [0, 0.1) is 0 Å². The van der Waals surface area contributed by atoms with Gasteiger partial charge < -0.3 is 19.5 Å². The number of carbonyl (C=O) groups excluding carboxylic acids is 2. The Morgan fingerprint density at radius 2 is 1.81 bits per heavy atom. The summed E-state index contributed by atoms with van der Waals surface area (Å²) in [7, 11) is 1.57. The molecule has 1 amide bonds. The summed E-state index contributed by atoms with van der Waals surface area (Å²) in [6.07, 6.45) is 3.17. The van der Waals surface area contributed by atoms with Crippen LogP contribution in [0.2, 0.25) is 0 Å². The van der Waals surface area contributed by atoms with Crippen LogP contribution in [0.3, 0.4) is 0 Å². The van der Waals surface area contributed by atoms with Crippen molar-refractivity contribution in [3.63, 3.8) is 0 Å². The number of ether oxygens (including phenoxy) is 3. The van der Waals surface area contributed by atoms with Crippen LogP contribution in [0.4, 0.5) is 0 Å². The summed E-state index contributed by atoms with van der Waals surface area (Å²) < 4.78 is 15.8. The highest BCUT2D eigenvalue weighted by Gasteiger charge is 2.15. The predicted molar refractivity (Wildman–Crippen MR) is 100 cm³/mol. The number of esters is 1. The Balaban J connectivity index is 1.37. The minimum Gasteiger partial charge on any atom is -0.493 e. The summed E-state index contributed by atoms with van der Waals surface area (Å²) in [5.74, 6) is 0.391. The number of methoxy groups -OCH3 is 1. The second kappa shape index (κ2) is 9.07. The summed E-state index contributed by atoms with van der Waals surface area (Å²) >= 11 is 0. The fourth-order valence-corrected chi connectivity index (χ4v) is 3.05. The normalized spacial score (nSPS) is 12.2. The van der Waals surface area contributed by atoms with Crippen molar-refractivity contribution in [2.24, 2.45) is 0 Å². The van der Waals surface area contributed by atoms with Crippen LogP contribution in [0.5, 0.6) is 11.5 Å². The molecule has 0 atom stereocenters. The number of rotatable bonds is 8. The van der Waals surface area contributed by atoms with Gasteiger partial charge in [-0.25, -0.2) is 4.79 Å². The van der Waals surface area contributed by atoms with Crippen molar-refractivity contribution in [3.05, 3.63) is 59.2 Å². The Hall–Kier alpha value is -3.02. The second-order valence-electron chi connectivity index (χ2n) is 6.26. The number of aryl methyl sites for hydroxylation is 2. The minimum atomic E-state index is -0.481. The Morgan fingerprint density at radius 3 is 2.63 bits per heavy atom. The number of amides is 1. The summed E-state index contributed by atoms with van der Waals surface area (Å²) in [4.78, 5) is 23.9. The summed E-state index contributed by atoms with van der Waals surface area (Å²) in [5.41, 5.74) is 2.98. The predicted octanol–water partition coefficient (Wildman–Crippen LogP) is 2.54. The van der Waals surface area contributed by atoms with Crippen molar-refractivity contribution in [2.45, 2.75) is 19.3 Å². The van der Waals surface area contributed by atoms with E-state index < -0.39 is 5.97 Å². The van der Waals surface area contributed by atoms with E-state index in [2.05, 4.69) is 5.32 Å². The molecule has 0 unspecified atom stereocenters. The third-order valence-electron chi connectivity index (χ3n) is 4.42. The van der Waals surface area contributed by atoms with E-state index in [1.54, 1.807) is 25.3 Å². The van der Waals surface area contributed by atoms with E-state index >= 15 is 0 Å². The maximum Gasteiger partial charge on any atom is 0.338 e. The van der Waals surface area contributed by atoms with E-state index in [0.29, 0.717) is 23.6 Å². The fraction of sp³-hybridized carbons (Fsp3) is 0.333. The molecule has 0 radical (unpaired) electrons. The first-order valence-corrected chi connectivity index (χ1v) is 8.99. The quantitative estimate of drug-likeness (QED) is 0.572. The van der Waals surface area contributed by atoms with Crippen LogP contribution in [-0.4, -0.2) is 38.7 Å². The topological polar surface area (TPSA) is 73.9 Å². The zero-order chi connectivity index (χ0) is 19.1. The largest absolute Gasteiger partial charge is 0.493 e. The Kier molecular flexibility index (Phi) is 6.30. The molecule has 0 heterocycles. The third kappa shape index (κ3) is 5.00. The minimum absolute atomic E-state index is 0.283. The van der Waals surface area contributed by atoms with Crippen molar-refractivity contribution >= 4 is 11.9 Å². The van der Waals surface area contributed by atoms with Gasteiger partial charge in [0.1, 0.15) is 6.61 Å². The molecule has 2 aromatic rings. The van der Waals surface area contributed by atoms with Gasteiger partial charge in [0.2, 0.25) is 0 Å². The molecule has 0 saturated carbocycles. The van der Waals surface area contributed by atoms with Gasteiger partial charge >= 0.3 is 5.97 Å². The molecule has 0 spiro atoms. The van der Waals surface area contributed by atoms with Gasteiger partial charge in [0.15, 0.2) is 18.1 Å². The zero-order valence-corrected chi connectivity index (χ0v) is 15.3. The number of carbonyl (C=O) groups is 2. The molecule has 3 rings (SSSR count). The van der Waals surface area contributed by atoms with E-state index in [9.17, 15) is 9.59 Å². The molecule has 2 aromatic carbocycles. The van der Waals surface area contributed by atoms with Gasteiger partial charge in [0.25, 0.3) is 5.91 Å². The van der Waals surface area contributed by atoms with Crippen LogP contribution in [0.1, 0.15) is 27.9 Å². The average molecular weight is 369 g/mol. The maximum absolute atomic E-state index is 12.1. The lowest BCUT2D eigenvalue weighted by molar-refractivity contribution is -0.124. The van der Waals surface area contributed by atoms with E-state index in [0.717, 1.165) is 19.3 Å². The van der Waals surface area contributed by atoms with Crippen LogP contribution in [-0.2, 0) is 22.4 Å². The molecule has 6 heteroatoms. The molecule has 0 aromatic heterocycles. The molecule has 0 aliphatic heterocycles. The van der Waals surface area contributed by atoms with Crippen molar-refractivity contribution in [1.82, 2.24) is 5.32 Å². The number of hydrogen-bond donors (Lipinski definition) is 1. The first-order chi connectivity index (χ1) is 13.2. The molecule has 1 aliphatic rings. The molecule has 142 valence electrons. The first-order valence-electron chi connectivity index (χ1n) is 8.99. The van der Waals surface area contributed by atoms with Crippen molar-refractivity contribution in [3.8, 4) is 11.5 Å². The fourth-order valence-electron chi connectivity index (χ4n) is 3.05. The van der Waals surface area contributed by atoms with E-state index in [1.807, 2.05) is 24.3 Å². The number of benzene rings is 2. The number of para-hydroxylation sites is 2. The van der Waals surface area contributed by atoms with Gasteiger partial charge in [0, 0.05) is 0 Å². The Morgan fingerprint density at radius 1 is 1.04 bits per heavy atom. The van der Waals surface area contributed by atoms with Gasteiger partial charge in [-0.1, -0.05) is 18.2 Å². The van der Waals surface area contributed by atoms with Crippen molar-refractivity contribution in [1.29, 1.82) is 0 Å². The molecule has 1 N–H and O–H groups in total. The molecule has 0 fully saturated rings. The molecule has 27 heavy (non-hydrogen) atoms. The molecule has 0 bridgehead atoms. The van der Waals surface area contributed by atoms with Crippen LogP contribution in [0.15, 0.2) is 42.5 Å². The van der Waals surface area contributed by atoms with E-state index in [-0.39, 0.29) is 19.1 Å². The molecular weight excluding hydrogens is 346 g/mol. The lowest BCUT2D eigenvalue weighted by Crippen LogP contribution is -2.32. The second-order valence-corrected chi connectivity index (χ2v) is 6.26. The monoisotopic (exact) mass is 369 g/mol. The summed E-state index contributed by atoms with van der Waals surface area (Å²) in [5, 5.41) is 2.66. The molecule has 6 nitrogen and oxygen atoms in total. The van der Waals surface area contributed by atoms with Crippen LogP contribution < -0.4 is 14.8 Å². The smallest absolute Gasteiger partial charge is 0.338 e. The van der Waals surface area contributed by atoms with Gasteiger partial charge in [-0.15, -0.1) is 0 Å². The molecular formula is C21H23NO5. The highest BCUT2D eigenvalue weighted by atomic mass is 16.5. The third-order valence-corrected chi connectivity index (χ3v) is 4.42. The maximum atomic E-state index is 12.1. The Labute approximate surface area is 158 Å². The molecule has 0 saturated heterocycles. The van der Waals surface area contributed by atoms with E-state index in [1.165, 1.54) is 11.1 Å². The first kappa shape index (κ1) is 18.8. The van der Waals surface area contributed by atoms with Gasteiger partial charge in [-0.05, 0) is 54.7 Å². The van der Waals surface area contributed by atoms with Gasteiger partial charge in [-0.2, -0.15) is 0 Å². The lowest BCUT2D eigenvalue weighted by atomic mass is 10.1. The lowest BCUT2D eigenvalue weighted by Gasteiger charge is -2.11. The van der Waals surface area contributed by atoms with Crippen LogP contribution in [0.25, 0.3) is 0 Å². The number of hydrogen-bond acceptors (Lipinski definition) is 5. The van der Waals surface area contributed by atoms with Crippen LogP contribution >= 0.6 is 0 Å². The standard InChI is InChI=1S/C21H23NO5/c1-25-18-7-2-3-8-19(18)26-12-11-22-20(23)14-27-21(24)17-10-9-15-5-4-6-16(15)13-17/h2-3,7-10,13H,4-6,11-12,14H2,1H3,(H,22,23). The SMILES string of the molecule is COc1ccccc1OCCNC(=O)COC(=O)c1ccc2c(c1)CCC2. The van der Waals surface area contributed by atoms with Crippen molar-refractivity contribution < 1.29 is 23.8 Å². The summed E-state index contributed by atoms with van der Waals surface area (Å²) in [6, 6.07) is 12.9. The zero-order valence-electron chi connectivity index (χ0n) is 15.3. The number of fused-ring (bicyclic) bond motifs is 1. The molecule has 1 aliphatic carbocycles. The highest BCUT2D eigenvalue weighted by molar-refractivity contribution is 5.91. The average Bonchev–Trinajstić information content (AvgIpc) is 3.17. The van der Waals surface area contributed by atoms with Gasteiger partial charge in [0.05, 0.1) is 19.2 Å². The summed E-state index contributed by atoms with van der Waals surface area (Å²) in [6.45, 7) is 0.267. The van der Waals surface area contributed by atoms with Crippen molar-refractivity contribution in [2.75, 3.05) is 26.9 Å². The van der Waals surface area contributed by atoms with E-state index in [4.69, 9.17) is 14.2 Å².